The Hall–Kier alpha value is -0.210. The zero-order valence-corrected chi connectivity index (χ0v) is 14.9. The lowest BCUT2D eigenvalue weighted by Crippen LogP contribution is -2.44. The molecular formula is C13H22N2O3S3. The summed E-state index contributed by atoms with van der Waals surface area (Å²) in [5.41, 5.74) is 0. The number of hydrogen-bond acceptors (Lipinski definition) is 6. The van der Waals surface area contributed by atoms with Crippen molar-refractivity contribution in [1.82, 2.24) is 4.90 Å². The number of rotatable bonds is 5. The van der Waals surface area contributed by atoms with Crippen LogP contribution in [0.1, 0.15) is 20.3 Å². The van der Waals surface area contributed by atoms with Crippen molar-refractivity contribution >= 4 is 43.6 Å². The van der Waals surface area contributed by atoms with Gasteiger partial charge in [-0.3, -0.25) is 9.79 Å². The monoisotopic (exact) mass is 350 g/mol. The molecule has 1 unspecified atom stereocenters. The van der Waals surface area contributed by atoms with Crippen LogP contribution in [-0.2, 0) is 14.6 Å². The van der Waals surface area contributed by atoms with Gasteiger partial charge < -0.3 is 4.90 Å². The standard InChI is InChI=1S/C13H22N2O3S3/c1-10(2)7-15(11-3-6-21(17,18)9-11)12(16)8-20-13-14-4-5-19-13/h10-11H,3-9H2,1-2H3. The van der Waals surface area contributed by atoms with Crippen molar-refractivity contribution in [2.45, 2.75) is 26.3 Å². The number of carbonyl (C=O) groups is 1. The third-order valence-corrected chi connectivity index (χ3v) is 7.40. The molecule has 2 rings (SSSR count). The highest BCUT2D eigenvalue weighted by molar-refractivity contribution is 8.39. The molecule has 0 aromatic heterocycles. The van der Waals surface area contributed by atoms with Gasteiger partial charge in [0.15, 0.2) is 9.84 Å². The smallest absolute Gasteiger partial charge is 0.233 e. The number of hydrogen-bond donors (Lipinski definition) is 0. The van der Waals surface area contributed by atoms with Crippen molar-refractivity contribution in [2.75, 3.05) is 36.1 Å². The number of aliphatic imine (C=N–C) groups is 1. The van der Waals surface area contributed by atoms with E-state index in [0.29, 0.717) is 24.6 Å². The van der Waals surface area contributed by atoms with Crippen LogP contribution in [0.25, 0.3) is 0 Å². The Morgan fingerprint density at radius 1 is 1.52 bits per heavy atom. The maximum atomic E-state index is 12.5. The minimum Gasteiger partial charge on any atom is -0.338 e. The second-order valence-electron chi connectivity index (χ2n) is 5.78. The predicted octanol–water partition coefficient (Wildman–Crippen LogP) is 1.49. The van der Waals surface area contributed by atoms with E-state index in [2.05, 4.69) is 4.99 Å². The molecule has 1 saturated heterocycles. The molecule has 120 valence electrons. The molecule has 5 nitrogen and oxygen atoms in total. The Morgan fingerprint density at radius 2 is 2.29 bits per heavy atom. The molecule has 0 aromatic carbocycles. The average Bonchev–Trinajstić information content (AvgIpc) is 3.02. The number of thioether (sulfide) groups is 2. The maximum Gasteiger partial charge on any atom is 0.233 e. The summed E-state index contributed by atoms with van der Waals surface area (Å²) in [5.74, 6) is 2.04. The molecule has 21 heavy (non-hydrogen) atoms. The van der Waals surface area contributed by atoms with Gasteiger partial charge in [-0.25, -0.2) is 8.42 Å². The molecule has 0 aliphatic carbocycles. The average molecular weight is 351 g/mol. The van der Waals surface area contributed by atoms with Gasteiger partial charge in [0.1, 0.15) is 4.38 Å². The van der Waals surface area contributed by atoms with E-state index in [-0.39, 0.29) is 23.5 Å². The van der Waals surface area contributed by atoms with Crippen LogP contribution in [0.4, 0.5) is 0 Å². The highest BCUT2D eigenvalue weighted by Crippen LogP contribution is 2.24. The molecule has 0 aromatic rings. The Morgan fingerprint density at radius 3 is 2.81 bits per heavy atom. The third kappa shape index (κ3) is 5.17. The summed E-state index contributed by atoms with van der Waals surface area (Å²) in [7, 11) is -2.97. The van der Waals surface area contributed by atoms with Crippen LogP contribution in [0.2, 0.25) is 0 Å². The third-order valence-electron chi connectivity index (χ3n) is 3.41. The van der Waals surface area contributed by atoms with Crippen molar-refractivity contribution in [1.29, 1.82) is 0 Å². The Bertz CT molecular complexity index is 517. The van der Waals surface area contributed by atoms with Gasteiger partial charge in [-0.1, -0.05) is 37.4 Å². The zero-order valence-electron chi connectivity index (χ0n) is 12.4. The minimum atomic E-state index is -2.97. The second kappa shape index (κ2) is 7.37. The number of nitrogens with zero attached hydrogens (tertiary/aromatic N) is 2. The van der Waals surface area contributed by atoms with Gasteiger partial charge in [0, 0.05) is 18.3 Å². The van der Waals surface area contributed by atoms with Gasteiger partial charge >= 0.3 is 0 Å². The summed E-state index contributed by atoms with van der Waals surface area (Å²) in [4.78, 5) is 18.6. The van der Waals surface area contributed by atoms with E-state index in [9.17, 15) is 13.2 Å². The molecule has 8 heteroatoms. The van der Waals surface area contributed by atoms with Gasteiger partial charge in [0.2, 0.25) is 5.91 Å². The van der Waals surface area contributed by atoms with Gasteiger partial charge in [-0.05, 0) is 12.3 Å². The van der Waals surface area contributed by atoms with Gasteiger partial charge in [0.05, 0.1) is 23.8 Å². The highest BCUT2D eigenvalue weighted by Gasteiger charge is 2.34. The van der Waals surface area contributed by atoms with Crippen LogP contribution in [0.3, 0.4) is 0 Å². The van der Waals surface area contributed by atoms with E-state index in [4.69, 9.17) is 0 Å². The van der Waals surface area contributed by atoms with E-state index < -0.39 is 9.84 Å². The van der Waals surface area contributed by atoms with E-state index in [0.717, 1.165) is 16.7 Å². The Balaban J connectivity index is 1.96. The molecular weight excluding hydrogens is 328 g/mol. The van der Waals surface area contributed by atoms with Crippen molar-refractivity contribution in [3.05, 3.63) is 0 Å². The molecule has 2 aliphatic heterocycles. The van der Waals surface area contributed by atoms with Crippen molar-refractivity contribution in [3.63, 3.8) is 0 Å². The lowest BCUT2D eigenvalue weighted by molar-refractivity contribution is -0.130. The number of amides is 1. The van der Waals surface area contributed by atoms with E-state index in [1.807, 2.05) is 13.8 Å². The summed E-state index contributed by atoms with van der Waals surface area (Å²) in [5, 5.41) is 0. The minimum absolute atomic E-state index is 0.0333. The van der Waals surface area contributed by atoms with E-state index in [1.165, 1.54) is 11.8 Å². The summed E-state index contributed by atoms with van der Waals surface area (Å²) in [6.07, 6.45) is 0.571. The largest absolute Gasteiger partial charge is 0.338 e. The van der Waals surface area contributed by atoms with Crippen LogP contribution in [0, 0.1) is 5.92 Å². The van der Waals surface area contributed by atoms with Crippen LogP contribution in [0.15, 0.2) is 4.99 Å². The van der Waals surface area contributed by atoms with Crippen LogP contribution in [-0.4, -0.2) is 65.7 Å². The SMILES string of the molecule is CC(C)CN(C(=O)CSC1=NCCS1)C1CCS(=O)(=O)C1. The topological polar surface area (TPSA) is 66.8 Å². The zero-order chi connectivity index (χ0) is 15.5. The Kier molecular flexibility index (Phi) is 6.02. The summed E-state index contributed by atoms with van der Waals surface area (Å²) in [6.45, 7) is 5.55. The number of sulfone groups is 1. The van der Waals surface area contributed by atoms with E-state index in [1.54, 1.807) is 16.7 Å². The summed E-state index contributed by atoms with van der Waals surface area (Å²) >= 11 is 3.17. The number of carbonyl (C=O) groups excluding carboxylic acids is 1. The first kappa shape index (κ1) is 17.1. The van der Waals surface area contributed by atoms with Crippen LogP contribution < -0.4 is 0 Å². The lowest BCUT2D eigenvalue weighted by Gasteiger charge is -2.29. The Labute approximate surface area is 135 Å². The predicted molar refractivity (Wildman–Crippen MR) is 90.8 cm³/mol. The molecule has 0 radical (unpaired) electrons. The van der Waals surface area contributed by atoms with Gasteiger partial charge in [-0.15, -0.1) is 0 Å². The summed E-state index contributed by atoms with van der Waals surface area (Å²) < 4.78 is 24.3. The fourth-order valence-electron chi connectivity index (χ4n) is 2.48. The molecule has 0 bridgehead atoms. The lowest BCUT2D eigenvalue weighted by atomic mass is 10.1. The molecule has 2 aliphatic rings. The first-order valence-electron chi connectivity index (χ1n) is 7.17. The quantitative estimate of drug-likeness (QED) is 0.752. The fourth-order valence-corrected chi connectivity index (χ4v) is 6.10. The first-order valence-corrected chi connectivity index (χ1v) is 11.0. The molecule has 1 atom stereocenters. The molecule has 0 saturated carbocycles. The van der Waals surface area contributed by atoms with E-state index >= 15 is 0 Å². The summed E-state index contributed by atoms with van der Waals surface area (Å²) in [6, 6.07) is -0.149. The maximum absolute atomic E-state index is 12.5. The molecule has 0 N–H and O–H groups in total. The van der Waals surface area contributed by atoms with Crippen molar-refractivity contribution < 1.29 is 13.2 Å². The van der Waals surface area contributed by atoms with Crippen LogP contribution >= 0.6 is 23.5 Å². The molecule has 1 amide bonds. The van der Waals surface area contributed by atoms with Crippen LogP contribution in [0.5, 0.6) is 0 Å². The second-order valence-corrected chi connectivity index (χ2v) is 10.3. The molecule has 2 heterocycles. The van der Waals surface area contributed by atoms with Crippen molar-refractivity contribution in [3.8, 4) is 0 Å². The molecule has 0 spiro atoms. The van der Waals surface area contributed by atoms with Gasteiger partial charge in [-0.2, -0.15) is 0 Å². The van der Waals surface area contributed by atoms with Gasteiger partial charge in [0.25, 0.3) is 0 Å². The fraction of sp³-hybridized carbons (Fsp3) is 0.846. The first-order chi connectivity index (χ1) is 9.87. The highest BCUT2D eigenvalue weighted by atomic mass is 32.2. The molecule has 1 fully saturated rings. The normalized spacial score (nSPS) is 24.3. The van der Waals surface area contributed by atoms with Crippen molar-refractivity contribution in [2.24, 2.45) is 10.9 Å².